The van der Waals surface area contributed by atoms with Gasteiger partial charge in [-0.1, -0.05) is 19.3 Å². The second-order valence-electron chi connectivity index (χ2n) is 5.71. The molecule has 0 aromatic rings. The fourth-order valence-corrected chi connectivity index (χ4v) is 3.08. The number of amides is 1. The second-order valence-corrected chi connectivity index (χ2v) is 5.71. The first-order valence-electron chi connectivity index (χ1n) is 7.48. The first-order valence-corrected chi connectivity index (χ1v) is 7.48. The van der Waals surface area contributed by atoms with E-state index in [1.165, 1.54) is 38.5 Å². The summed E-state index contributed by atoms with van der Waals surface area (Å²) in [5, 5.41) is 6.35. The van der Waals surface area contributed by atoms with E-state index in [-0.39, 0.29) is 11.9 Å². The molecule has 0 aromatic carbocycles. The maximum Gasteiger partial charge on any atom is 0.237 e. The maximum absolute atomic E-state index is 11.9. The van der Waals surface area contributed by atoms with Gasteiger partial charge in [0.05, 0.1) is 6.04 Å². The molecule has 1 atom stereocenters. The SMILES string of the molecule is CN(CCNC(=O)C1CCCCN1)C1CCCC1. The van der Waals surface area contributed by atoms with E-state index in [0.717, 1.165) is 32.1 Å². The number of hydrogen-bond acceptors (Lipinski definition) is 3. The molecule has 0 radical (unpaired) electrons. The van der Waals surface area contributed by atoms with Gasteiger partial charge in [-0.2, -0.15) is 0 Å². The van der Waals surface area contributed by atoms with Gasteiger partial charge < -0.3 is 15.5 Å². The number of piperidine rings is 1. The van der Waals surface area contributed by atoms with E-state index < -0.39 is 0 Å². The summed E-state index contributed by atoms with van der Waals surface area (Å²) >= 11 is 0. The van der Waals surface area contributed by atoms with Crippen LogP contribution in [0.2, 0.25) is 0 Å². The van der Waals surface area contributed by atoms with Crippen LogP contribution in [0.4, 0.5) is 0 Å². The van der Waals surface area contributed by atoms with E-state index in [1.54, 1.807) is 0 Å². The van der Waals surface area contributed by atoms with Gasteiger partial charge in [-0.25, -0.2) is 0 Å². The summed E-state index contributed by atoms with van der Waals surface area (Å²) in [4.78, 5) is 14.3. The average Bonchev–Trinajstić information content (AvgIpc) is 2.93. The highest BCUT2D eigenvalue weighted by molar-refractivity contribution is 5.81. The molecule has 1 aliphatic heterocycles. The molecule has 0 spiro atoms. The summed E-state index contributed by atoms with van der Waals surface area (Å²) in [6.45, 7) is 2.74. The van der Waals surface area contributed by atoms with Crippen LogP contribution in [0, 0.1) is 0 Å². The van der Waals surface area contributed by atoms with Gasteiger partial charge in [-0.05, 0) is 39.3 Å². The molecule has 2 rings (SSSR count). The monoisotopic (exact) mass is 253 g/mol. The van der Waals surface area contributed by atoms with Gasteiger partial charge >= 0.3 is 0 Å². The molecule has 1 heterocycles. The van der Waals surface area contributed by atoms with E-state index >= 15 is 0 Å². The lowest BCUT2D eigenvalue weighted by Crippen LogP contribution is -2.48. The standard InChI is InChI=1S/C14H27N3O/c1-17(12-6-2-3-7-12)11-10-16-14(18)13-8-4-5-9-15-13/h12-13,15H,2-11H2,1H3,(H,16,18). The predicted octanol–water partition coefficient (Wildman–Crippen LogP) is 1.12. The minimum atomic E-state index is 0.0514. The number of nitrogens with one attached hydrogen (secondary N) is 2. The summed E-state index contributed by atoms with van der Waals surface area (Å²) in [5.74, 6) is 0.189. The zero-order valence-electron chi connectivity index (χ0n) is 11.6. The van der Waals surface area contributed by atoms with Gasteiger partial charge in [-0.15, -0.1) is 0 Å². The Labute approximate surface area is 110 Å². The molecule has 0 aromatic heterocycles. The number of rotatable bonds is 5. The Hall–Kier alpha value is -0.610. The van der Waals surface area contributed by atoms with Crippen LogP contribution in [-0.2, 0) is 4.79 Å². The fraction of sp³-hybridized carbons (Fsp3) is 0.929. The van der Waals surface area contributed by atoms with Gasteiger partial charge in [-0.3, -0.25) is 4.79 Å². The molecule has 0 bridgehead atoms. The molecule has 1 amide bonds. The molecule has 1 aliphatic carbocycles. The quantitative estimate of drug-likeness (QED) is 0.772. The lowest BCUT2D eigenvalue weighted by Gasteiger charge is -2.26. The van der Waals surface area contributed by atoms with Crippen molar-refractivity contribution in [3.8, 4) is 0 Å². The predicted molar refractivity (Wildman–Crippen MR) is 73.5 cm³/mol. The van der Waals surface area contributed by atoms with Crippen LogP contribution in [0.5, 0.6) is 0 Å². The van der Waals surface area contributed by atoms with Crippen LogP contribution in [0.25, 0.3) is 0 Å². The normalized spacial score (nSPS) is 25.6. The number of carbonyl (C=O) groups excluding carboxylic acids is 1. The highest BCUT2D eigenvalue weighted by Crippen LogP contribution is 2.21. The Morgan fingerprint density at radius 1 is 1.22 bits per heavy atom. The van der Waals surface area contributed by atoms with Gasteiger partial charge in [0.25, 0.3) is 0 Å². The van der Waals surface area contributed by atoms with E-state index in [0.29, 0.717) is 0 Å². The zero-order chi connectivity index (χ0) is 12.8. The van der Waals surface area contributed by atoms with Crippen molar-refractivity contribution in [3.63, 3.8) is 0 Å². The molecule has 1 saturated heterocycles. The second kappa shape index (κ2) is 7.10. The molecule has 4 nitrogen and oxygen atoms in total. The lowest BCUT2D eigenvalue weighted by atomic mass is 10.0. The van der Waals surface area contributed by atoms with Crippen LogP contribution in [0.1, 0.15) is 44.9 Å². The zero-order valence-corrected chi connectivity index (χ0v) is 11.6. The minimum absolute atomic E-state index is 0.0514. The summed E-state index contributed by atoms with van der Waals surface area (Å²) in [6.07, 6.45) is 8.76. The summed E-state index contributed by atoms with van der Waals surface area (Å²) in [6, 6.07) is 0.797. The van der Waals surface area contributed by atoms with Crippen LogP contribution in [0.15, 0.2) is 0 Å². The number of carbonyl (C=O) groups is 1. The maximum atomic E-state index is 11.9. The van der Waals surface area contributed by atoms with E-state index in [4.69, 9.17) is 0 Å². The molecule has 2 N–H and O–H groups in total. The molecular formula is C14H27N3O. The van der Waals surface area contributed by atoms with E-state index in [1.807, 2.05) is 0 Å². The van der Waals surface area contributed by atoms with Crippen molar-refractivity contribution in [2.24, 2.45) is 0 Å². The van der Waals surface area contributed by atoms with Crippen molar-refractivity contribution < 1.29 is 4.79 Å². The highest BCUT2D eigenvalue weighted by atomic mass is 16.2. The van der Waals surface area contributed by atoms with Crippen molar-refractivity contribution in [2.75, 3.05) is 26.7 Å². The van der Waals surface area contributed by atoms with Crippen molar-refractivity contribution in [1.82, 2.24) is 15.5 Å². The van der Waals surface area contributed by atoms with Gasteiger partial charge in [0.15, 0.2) is 0 Å². The average molecular weight is 253 g/mol. The van der Waals surface area contributed by atoms with Crippen molar-refractivity contribution in [1.29, 1.82) is 0 Å². The Kier molecular flexibility index (Phi) is 5.45. The first kappa shape index (κ1) is 13.8. The van der Waals surface area contributed by atoms with Gasteiger partial charge in [0.1, 0.15) is 0 Å². The van der Waals surface area contributed by atoms with Crippen molar-refractivity contribution >= 4 is 5.91 Å². The molecule has 104 valence electrons. The first-order chi connectivity index (χ1) is 8.77. The van der Waals surface area contributed by atoms with Crippen LogP contribution >= 0.6 is 0 Å². The van der Waals surface area contributed by atoms with Gasteiger partial charge in [0.2, 0.25) is 5.91 Å². The third-order valence-electron chi connectivity index (χ3n) is 4.34. The summed E-state index contributed by atoms with van der Waals surface area (Å²) < 4.78 is 0. The molecular weight excluding hydrogens is 226 g/mol. The van der Waals surface area contributed by atoms with Crippen molar-refractivity contribution in [2.45, 2.75) is 57.0 Å². The topological polar surface area (TPSA) is 44.4 Å². The smallest absolute Gasteiger partial charge is 0.237 e. The number of nitrogens with zero attached hydrogens (tertiary/aromatic N) is 1. The van der Waals surface area contributed by atoms with Gasteiger partial charge in [0, 0.05) is 19.1 Å². The molecule has 18 heavy (non-hydrogen) atoms. The Morgan fingerprint density at radius 2 is 1.94 bits per heavy atom. The number of hydrogen-bond donors (Lipinski definition) is 2. The Morgan fingerprint density at radius 3 is 2.61 bits per heavy atom. The summed E-state index contributed by atoms with van der Waals surface area (Å²) in [5.41, 5.74) is 0. The Bertz CT molecular complexity index is 258. The van der Waals surface area contributed by atoms with Crippen molar-refractivity contribution in [3.05, 3.63) is 0 Å². The molecule has 4 heteroatoms. The third kappa shape index (κ3) is 3.95. The molecule has 2 fully saturated rings. The van der Waals surface area contributed by atoms with Crippen LogP contribution in [0.3, 0.4) is 0 Å². The molecule has 1 saturated carbocycles. The Balaban J connectivity index is 1.60. The molecule has 1 unspecified atom stereocenters. The molecule has 2 aliphatic rings. The number of likely N-dealkylation sites (N-methyl/N-ethyl adjacent to an activating group) is 1. The fourth-order valence-electron chi connectivity index (χ4n) is 3.08. The highest BCUT2D eigenvalue weighted by Gasteiger charge is 2.21. The largest absolute Gasteiger partial charge is 0.353 e. The third-order valence-corrected chi connectivity index (χ3v) is 4.34. The van der Waals surface area contributed by atoms with Crippen LogP contribution < -0.4 is 10.6 Å². The van der Waals surface area contributed by atoms with Crippen LogP contribution in [-0.4, -0.2) is 49.6 Å². The summed E-state index contributed by atoms with van der Waals surface area (Å²) in [7, 11) is 2.18. The minimum Gasteiger partial charge on any atom is -0.353 e. The lowest BCUT2D eigenvalue weighted by molar-refractivity contribution is -0.123. The van der Waals surface area contributed by atoms with E-state index in [2.05, 4.69) is 22.6 Å². The van der Waals surface area contributed by atoms with E-state index in [9.17, 15) is 4.79 Å².